The highest BCUT2D eigenvalue weighted by Crippen LogP contribution is 2.23. The molecule has 0 aliphatic carbocycles. The van der Waals surface area contributed by atoms with Crippen LogP contribution in [0.15, 0.2) is 54.6 Å². The summed E-state index contributed by atoms with van der Waals surface area (Å²) in [6.45, 7) is 1.61. The fraction of sp³-hybridized carbons (Fsp3) is 0.0556. The van der Waals surface area contributed by atoms with Gasteiger partial charge in [-0.3, -0.25) is 20.4 Å². The molecular weight excluding hydrogens is 359 g/mol. The first kappa shape index (κ1) is 17.6. The zero-order chi connectivity index (χ0) is 18.7. The van der Waals surface area contributed by atoms with Gasteiger partial charge in [-0.2, -0.15) is 5.10 Å². The van der Waals surface area contributed by atoms with E-state index in [9.17, 15) is 14.0 Å². The molecule has 0 fully saturated rings. The third-order valence-electron chi connectivity index (χ3n) is 3.63. The zero-order valence-corrected chi connectivity index (χ0v) is 14.4. The second kappa shape index (κ2) is 7.37. The van der Waals surface area contributed by atoms with Crippen molar-refractivity contribution in [3.8, 4) is 5.69 Å². The van der Waals surface area contributed by atoms with Gasteiger partial charge in [0.2, 0.25) is 0 Å². The van der Waals surface area contributed by atoms with Crippen LogP contribution in [0.4, 0.5) is 4.39 Å². The molecule has 2 N–H and O–H groups in total. The van der Waals surface area contributed by atoms with Gasteiger partial charge in [0.25, 0.3) is 11.8 Å². The number of aromatic nitrogens is 2. The standard InChI is InChI=1S/C18H14ClFN4O2/c1-11-15(16(19)24(23-11)14-9-7-13(20)8-10-14)18(26)22-21-17(25)12-5-3-2-4-6-12/h2-10H,1H3,(H,21,25)(H,22,26). The highest BCUT2D eigenvalue weighted by atomic mass is 35.5. The van der Waals surface area contributed by atoms with Crippen LogP contribution in [-0.4, -0.2) is 21.6 Å². The lowest BCUT2D eigenvalue weighted by atomic mass is 10.2. The normalized spacial score (nSPS) is 10.4. The Labute approximate surface area is 153 Å². The van der Waals surface area contributed by atoms with E-state index in [0.717, 1.165) is 0 Å². The van der Waals surface area contributed by atoms with E-state index in [-0.39, 0.29) is 10.7 Å². The Balaban J connectivity index is 1.77. The average molecular weight is 373 g/mol. The predicted octanol–water partition coefficient (Wildman–Crippen LogP) is 3.05. The van der Waals surface area contributed by atoms with Crippen molar-refractivity contribution < 1.29 is 14.0 Å². The number of carbonyl (C=O) groups excluding carboxylic acids is 2. The van der Waals surface area contributed by atoms with Crippen molar-refractivity contribution in [1.29, 1.82) is 0 Å². The maximum absolute atomic E-state index is 13.1. The van der Waals surface area contributed by atoms with Gasteiger partial charge in [-0.05, 0) is 43.3 Å². The number of aryl methyl sites for hydroxylation is 1. The highest BCUT2D eigenvalue weighted by molar-refractivity contribution is 6.33. The largest absolute Gasteiger partial charge is 0.274 e. The molecule has 0 saturated carbocycles. The van der Waals surface area contributed by atoms with E-state index in [4.69, 9.17) is 11.6 Å². The summed E-state index contributed by atoms with van der Waals surface area (Å²) in [7, 11) is 0. The fourth-order valence-electron chi connectivity index (χ4n) is 2.35. The molecule has 0 aliphatic rings. The Bertz CT molecular complexity index is 955. The lowest BCUT2D eigenvalue weighted by Crippen LogP contribution is -2.41. The number of hydrogen-bond donors (Lipinski definition) is 2. The smallest absolute Gasteiger partial charge is 0.267 e. The molecular formula is C18H14ClFN4O2. The molecule has 1 heterocycles. The van der Waals surface area contributed by atoms with Crippen LogP contribution in [-0.2, 0) is 0 Å². The van der Waals surface area contributed by atoms with E-state index >= 15 is 0 Å². The van der Waals surface area contributed by atoms with Gasteiger partial charge in [-0.15, -0.1) is 0 Å². The Morgan fingerprint density at radius 3 is 2.27 bits per heavy atom. The summed E-state index contributed by atoms with van der Waals surface area (Å²) >= 11 is 6.26. The molecule has 0 aliphatic heterocycles. The number of carbonyl (C=O) groups is 2. The van der Waals surface area contributed by atoms with Crippen molar-refractivity contribution in [2.75, 3.05) is 0 Å². The highest BCUT2D eigenvalue weighted by Gasteiger charge is 2.21. The molecule has 8 heteroatoms. The van der Waals surface area contributed by atoms with E-state index in [2.05, 4.69) is 16.0 Å². The Hall–Kier alpha value is -3.19. The van der Waals surface area contributed by atoms with Gasteiger partial charge in [-0.25, -0.2) is 9.07 Å². The van der Waals surface area contributed by atoms with Crippen LogP contribution < -0.4 is 10.9 Å². The van der Waals surface area contributed by atoms with Gasteiger partial charge in [0.05, 0.1) is 11.4 Å². The van der Waals surface area contributed by atoms with Gasteiger partial charge in [0.15, 0.2) is 0 Å². The Morgan fingerprint density at radius 1 is 1.00 bits per heavy atom. The van der Waals surface area contributed by atoms with E-state index in [1.165, 1.54) is 28.9 Å². The van der Waals surface area contributed by atoms with Crippen LogP contribution in [0.2, 0.25) is 5.15 Å². The van der Waals surface area contributed by atoms with Crippen molar-refractivity contribution in [3.05, 3.63) is 82.4 Å². The number of halogens is 2. The Kier molecular flexibility index (Phi) is 4.99. The lowest BCUT2D eigenvalue weighted by molar-refractivity contribution is 0.0846. The molecule has 132 valence electrons. The van der Waals surface area contributed by atoms with Crippen LogP contribution in [0, 0.1) is 12.7 Å². The number of benzene rings is 2. The topological polar surface area (TPSA) is 76.0 Å². The summed E-state index contributed by atoms with van der Waals surface area (Å²) in [6.07, 6.45) is 0. The van der Waals surface area contributed by atoms with Gasteiger partial charge < -0.3 is 0 Å². The third-order valence-corrected chi connectivity index (χ3v) is 3.98. The summed E-state index contributed by atoms with van der Waals surface area (Å²) in [5, 5.41) is 4.26. The second-order valence-corrected chi connectivity index (χ2v) is 5.77. The molecule has 3 rings (SSSR count). The van der Waals surface area contributed by atoms with Crippen molar-refractivity contribution in [2.24, 2.45) is 0 Å². The van der Waals surface area contributed by atoms with Crippen molar-refractivity contribution in [1.82, 2.24) is 20.6 Å². The molecule has 0 unspecified atom stereocenters. The summed E-state index contributed by atoms with van der Waals surface area (Å²) < 4.78 is 14.4. The minimum absolute atomic E-state index is 0.0561. The molecule has 3 aromatic rings. The van der Waals surface area contributed by atoms with E-state index < -0.39 is 17.6 Å². The number of nitrogens with zero attached hydrogens (tertiary/aromatic N) is 2. The van der Waals surface area contributed by atoms with Crippen LogP contribution in [0.5, 0.6) is 0 Å². The van der Waals surface area contributed by atoms with E-state index in [1.807, 2.05) is 0 Å². The molecule has 0 radical (unpaired) electrons. The van der Waals surface area contributed by atoms with Gasteiger partial charge in [-0.1, -0.05) is 29.8 Å². The van der Waals surface area contributed by atoms with Crippen LogP contribution in [0.3, 0.4) is 0 Å². The minimum Gasteiger partial charge on any atom is -0.267 e. The number of amides is 2. The predicted molar refractivity (Wildman–Crippen MR) is 94.6 cm³/mol. The Morgan fingerprint density at radius 2 is 1.62 bits per heavy atom. The third kappa shape index (κ3) is 3.57. The van der Waals surface area contributed by atoms with E-state index in [1.54, 1.807) is 37.3 Å². The molecule has 6 nitrogen and oxygen atoms in total. The second-order valence-electron chi connectivity index (χ2n) is 5.41. The van der Waals surface area contributed by atoms with Crippen LogP contribution in [0.25, 0.3) is 5.69 Å². The summed E-state index contributed by atoms with van der Waals surface area (Å²) in [5.74, 6) is -1.46. The summed E-state index contributed by atoms with van der Waals surface area (Å²) in [5.41, 5.74) is 6.03. The molecule has 0 saturated heterocycles. The fourth-order valence-corrected chi connectivity index (χ4v) is 2.71. The number of rotatable bonds is 3. The molecule has 26 heavy (non-hydrogen) atoms. The zero-order valence-electron chi connectivity index (χ0n) is 13.7. The average Bonchev–Trinajstić information content (AvgIpc) is 2.95. The SMILES string of the molecule is Cc1nn(-c2ccc(F)cc2)c(Cl)c1C(=O)NNC(=O)c1ccccc1. The van der Waals surface area contributed by atoms with Gasteiger partial charge >= 0.3 is 0 Å². The first-order valence-corrected chi connectivity index (χ1v) is 8.02. The minimum atomic E-state index is -0.606. The number of nitrogens with one attached hydrogen (secondary N) is 2. The maximum Gasteiger partial charge on any atom is 0.274 e. The number of hydrogen-bond acceptors (Lipinski definition) is 3. The lowest BCUT2D eigenvalue weighted by Gasteiger charge is -2.07. The molecule has 0 atom stereocenters. The molecule has 0 bridgehead atoms. The first-order valence-electron chi connectivity index (χ1n) is 7.64. The van der Waals surface area contributed by atoms with Crippen molar-refractivity contribution >= 4 is 23.4 Å². The summed E-state index contributed by atoms with van der Waals surface area (Å²) in [4.78, 5) is 24.4. The first-order chi connectivity index (χ1) is 12.5. The van der Waals surface area contributed by atoms with Gasteiger partial charge in [0.1, 0.15) is 16.5 Å². The molecule has 1 aromatic heterocycles. The van der Waals surface area contributed by atoms with Crippen LogP contribution in [0.1, 0.15) is 26.4 Å². The molecule has 0 spiro atoms. The monoisotopic (exact) mass is 372 g/mol. The van der Waals surface area contributed by atoms with Crippen molar-refractivity contribution in [2.45, 2.75) is 6.92 Å². The maximum atomic E-state index is 13.1. The quantitative estimate of drug-likeness (QED) is 0.694. The van der Waals surface area contributed by atoms with Crippen LogP contribution >= 0.6 is 11.6 Å². The molecule has 2 amide bonds. The van der Waals surface area contributed by atoms with Crippen molar-refractivity contribution in [3.63, 3.8) is 0 Å². The number of hydrazine groups is 1. The van der Waals surface area contributed by atoms with Gasteiger partial charge in [0, 0.05) is 5.56 Å². The van der Waals surface area contributed by atoms with E-state index in [0.29, 0.717) is 16.9 Å². The molecule has 2 aromatic carbocycles. The summed E-state index contributed by atoms with van der Waals surface area (Å²) in [6, 6.07) is 14.0.